The number of hydrogen-bond donors (Lipinski definition) is 2. The largest absolute Gasteiger partial charge is 0.378 e. The zero-order chi connectivity index (χ0) is 24.3. The van der Waals surface area contributed by atoms with Gasteiger partial charge in [-0.05, 0) is 42.2 Å². The third-order valence-corrected chi connectivity index (χ3v) is 5.40. The van der Waals surface area contributed by atoms with Gasteiger partial charge in [0.15, 0.2) is 6.10 Å². The molecular weight excluding hydrogens is 432 g/mol. The molecule has 0 radical (unpaired) electrons. The summed E-state index contributed by atoms with van der Waals surface area (Å²) in [6.45, 7) is 1.69. The molecule has 174 valence electrons. The Morgan fingerprint density at radius 2 is 1.73 bits per heavy atom. The maximum atomic E-state index is 13.7. The number of halogens is 2. The van der Waals surface area contributed by atoms with Crippen molar-refractivity contribution in [1.82, 2.24) is 9.80 Å². The van der Waals surface area contributed by atoms with E-state index in [2.05, 4.69) is 0 Å². The van der Waals surface area contributed by atoms with Gasteiger partial charge in [0.05, 0.1) is 6.04 Å². The molecule has 2 aromatic carbocycles. The van der Waals surface area contributed by atoms with Crippen molar-refractivity contribution in [2.24, 2.45) is 5.73 Å². The number of amides is 3. The van der Waals surface area contributed by atoms with Crippen LogP contribution in [0.1, 0.15) is 30.6 Å². The summed E-state index contributed by atoms with van der Waals surface area (Å²) in [5, 5.41) is 10.7. The Morgan fingerprint density at radius 3 is 2.30 bits per heavy atom. The Labute approximate surface area is 190 Å². The number of hydrogen-bond acceptors (Lipinski definition) is 5. The van der Waals surface area contributed by atoms with E-state index in [1.807, 2.05) is 0 Å². The molecule has 33 heavy (non-hydrogen) atoms. The number of nitrogens with zero attached hydrogens (tertiary/aromatic N) is 2. The van der Waals surface area contributed by atoms with Gasteiger partial charge >= 0.3 is 0 Å². The Morgan fingerprint density at radius 1 is 1.12 bits per heavy atom. The highest BCUT2D eigenvalue weighted by atomic mass is 19.1. The van der Waals surface area contributed by atoms with Gasteiger partial charge in [0.25, 0.3) is 5.91 Å². The summed E-state index contributed by atoms with van der Waals surface area (Å²) in [5.74, 6) is -4.68. The van der Waals surface area contributed by atoms with Gasteiger partial charge in [-0.1, -0.05) is 36.4 Å². The molecule has 0 saturated carbocycles. The first-order valence-electron chi connectivity index (χ1n) is 10.4. The lowest BCUT2D eigenvalue weighted by Gasteiger charge is -2.34. The van der Waals surface area contributed by atoms with Crippen LogP contribution < -0.4 is 5.73 Å². The second-order valence-corrected chi connectivity index (χ2v) is 7.92. The van der Waals surface area contributed by atoms with Crippen molar-refractivity contribution in [3.05, 3.63) is 77.4 Å². The topological polar surface area (TPSA) is 104 Å². The number of carbonyl (C=O) groups excluding carboxylic acids is 3. The van der Waals surface area contributed by atoms with Crippen molar-refractivity contribution >= 4 is 23.3 Å². The molecule has 3 amide bonds. The third kappa shape index (κ3) is 5.15. The molecule has 1 aliphatic rings. The lowest BCUT2D eigenvalue weighted by Crippen LogP contribution is -2.57. The lowest BCUT2D eigenvalue weighted by molar-refractivity contribution is -0.157. The number of nitrogens with two attached hydrogens (primary N) is 1. The van der Waals surface area contributed by atoms with Crippen molar-refractivity contribution in [3.63, 3.8) is 0 Å². The first-order valence-corrected chi connectivity index (χ1v) is 10.4. The number of rotatable bonds is 5. The quantitative estimate of drug-likeness (QED) is 0.715. The van der Waals surface area contributed by atoms with E-state index in [9.17, 15) is 28.3 Å². The number of carbonyl (C=O) groups is 3. The average Bonchev–Trinajstić information content (AvgIpc) is 2.92. The molecular formula is C24H25F2N3O4. The van der Waals surface area contributed by atoms with Gasteiger partial charge in [-0.3, -0.25) is 19.3 Å². The van der Waals surface area contributed by atoms with Gasteiger partial charge in [0.2, 0.25) is 11.8 Å². The molecule has 2 aromatic rings. The molecule has 0 unspecified atom stereocenters. The summed E-state index contributed by atoms with van der Waals surface area (Å²) < 4.78 is 27.4. The van der Waals surface area contributed by atoms with Crippen molar-refractivity contribution in [3.8, 4) is 0 Å². The number of aliphatic hydroxyl groups excluding tert-OH is 1. The van der Waals surface area contributed by atoms with E-state index in [4.69, 9.17) is 5.73 Å². The van der Waals surface area contributed by atoms with E-state index in [1.165, 1.54) is 18.9 Å². The predicted molar refractivity (Wildman–Crippen MR) is 117 cm³/mol. The van der Waals surface area contributed by atoms with Crippen LogP contribution >= 0.6 is 0 Å². The van der Waals surface area contributed by atoms with E-state index in [0.717, 1.165) is 12.1 Å². The predicted octanol–water partition coefficient (Wildman–Crippen LogP) is 2.01. The second-order valence-electron chi connectivity index (χ2n) is 7.92. The van der Waals surface area contributed by atoms with Crippen LogP contribution in [0.5, 0.6) is 0 Å². The van der Waals surface area contributed by atoms with Crippen LogP contribution in [0.25, 0.3) is 5.57 Å². The Kier molecular flexibility index (Phi) is 7.35. The van der Waals surface area contributed by atoms with E-state index in [0.29, 0.717) is 35.1 Å². The van der Waals surface area contributed by atoms with Crippen molar-refractivity contribution in [2.75, 3.05) is 13.6 Å². The zero-order valence-corrected chi connectivity index (χ0v) is 18.2. The molecule has 0 aliphatic carbocycles. The van der Waals surface area contributed by atoms with Crippen LogP contribution in [-0.4, -0.2) is 58.3 Å². The van der Waals surface area contributed by atoms with Gasteiger partial charge in [-0.2, -0.15) is 0 Å². The monoisotopic (exact) mass is 457 g/mol. The molecule has 3 N–H and O–H groups in total. The fraction of sp³-hybridized carbons (Fsp3) is 0.292. The Hall–Kier alpha value is -3.43. The third-order valence-electron chi connectivity index (χ3n) is 5.40. The molecule has 0 fully saturated rings. The average molecular weight is 457 g/mol. The van der Waals surface area contributed by atoms with E-state index < -0.39 is 47.5 Å². The summed E-state index contributed by atoms with van der Waals surface area (Å²) in [7, 11) is 1.54. The summed E-state index contributed by atoms with van der Waals surface area (Å²) in [6.07, 6.45) is 0.121. The van der Waals surface area contributed by atoms with Gasteiger partial charge in [0.1, 0.15) is 17.7 Å². The first kappa shape index (κ1) is 24.2. The maximum absolute atomic E-state index is 13.7. The zero-order valence-electron chi connectivity index (χ0n) is 18.2. The standard InChI is InChI=1S/C24H25F2N3O4/c1-14(27)22(31)29(24(33)21(30)16-11-17(25)13-18(26)12-16)20-19(15-7-4-3-5-8-15)9-6-10-28(2)23(20)32/h3-5,7-9,11-14,20-21,30H,6,10,27H2,1-2H3/t14-,20-,21+/m0/s1. The molecule has 1 heterocycles. The first-order chi connectivity index (χ1) is 15.6. The second kappa shape index (κ2) is 10.0. The number of imide groups is 1. The van der Waals surface area contributed by atoms with Crippen LogP contribution in [0.2, 0.25) is 0 Å². The molecule has 0 aromatic heterocycles. The highest BCUT2D eigenvalue weighted by Gasteiger charge is 2.43. The minimum Gasteiger partial charge on any atom is -0.378 e. The van der Waals surface area contributed by atoms with Crippen LogP contribution in [0.3, 0.4) is 0 Å². The summed E-state index contributed by atoms with van der Waals surface area (Å²) >= 11 is 0. The smallest absolute Gasteiger partial charge is 0.263 e. The maximum Gasteiger partial charge on any atom is 0.263 e. The Bertz CT molecular complexity index is 1070. The van der Waals surface area contributed by atoms with Gasteiger partial charge in [-0.25, -0.2) is 8.78 Å². The van der Waals surface area contributed by atoms with E-state index in [1.54, 1.807) is 36.4 Å². The molecule has 0 saturated heterocycles. The summed E-state index contributed by atoms with van der Waals surface area (Å²) in [5.41, 5.74) is 6.39. The number of likely N-dealkylation sites (N-methyl/N-ethyl adjacent to an activating group) is 1. The van der Waals surface area contributed by atoms with Crippen LogP contribution in [0.15, 0.2) is 54.6 Å². The molecule has 0 bridgehead atoms. The Balaban J connectivity index is 2.14. The lowest BCUT2D eigenvalue weighted by atomic mass is 9.94. The van der Waals surface area contributed by atoms with Crippen LogP contribution in [-0.2, 0) is 14.4 Å². The molecule has 9 heteroatoms. The number of benzene rings is 2. The van der Waals surface area contributed by atoms with Gasteiger partial charge in [-0.15, -0.1) is 0 Å². The van der Waals surface area contributed by atoms with Crippen LogP contribution in [0.4, 0.5) is 8.78 Å². The summed E-state index contributed by atoms with van der Waals surface area (Å²) in [6, 6.07) is 8.29. The fourth-order valence-corrected chi connectivity index (χ4v) is 3.72. The van der Waals surface area contributed by atoms with E-state index in [-0.39, 0.29) is 5.56 Å². The van der Waals surface area contributed by atoms with Crippen molar-refractivity contribution < 1.29 is 28.3 Å². The molecule has 3 atom stereocenters. The van der Waals surface area contributed by atoms with Gasteiger partial charge in [0, 0.05) is 19.7 Å². The number of aliphatic hydroxyl groups is 1. The van der Waals surface area contributed by atoms with Crippen molar-refractivity contribution in [2.45, 2.75) is 31.5 Å². The molecule has 0 spiro atoms. The molecule has 7 nitrogen and oxygen atoms in total. The minimum atomic E-state index is -2.10. The highest BCUT2D eigenvalue weighted by Crippen LogP contribution is 2.30. The highest BCUT2D eigenvalue weighted by molar-refractivity contribution is 6.08. The van der Waals surface area contributed by atoms with Gasteiger partial charge < -0.3 is 15.7 Å². The normalized spacial score (nSPS) is 18.2. The summed E-state index contributed by atoms with van der Waals surface area (Å²) in [4.78, 5) is 41.9. The fourth-order valence-electron chi connectivity index (χ4n) is 3.72. The minimum absolute atomic E-state index is 0.345. The SMILES string of the molecule is C[C@H](N)C(=O)N(C(=O)[C@H](O)c1cc(F)cc(F)c1)[C@@H]1C(=O)N(C)CCC=C1c1ccccc1. The van der Waals surface area contributed by atoms with E-state index >= 15 is 0 Å². The molecule has 1 aliphatic heterocycles. The van der Waals surface area contributed by atoms with Crippen LogP contribution in [0, 0.1) is 11.6 Å². The molecule has 3 rings (SSSR count). The van der Waals surface area contributed by atoms with Crippen molar-refractivity contribution in [1.29, 1.82) is 0 Å².